The molecule has 3 heteroatoms. The van der Waals surface area contributed by atoms with Gasteiger partial charge in [0.25, 0.3) is 0 Å². The highest BCUT2D eigenvalue weighted by molar-refractivity contribution is 5.37. The molecule has 0 aliphatic heterocycles. The van der Waals surface area contributed by atoms with Crippen molar-refractivity contribution in [3.8, 4) is 5.75 Å². The van der Waals surface area contributed by atoms with Crippen molar-refractivity contribution >= 4 is 0 Å². The van der Waals surface area contributed by atoms with E-state index in [9.17, 15) is 4.39 Å². The summed E-state index contributed by atoms with van der Waals surface area (Å²) < 4.78 is 19.1. The van der Waals surface area contributed by atoms with E-state index < -0.39 is 0 Å². The van der Waals surface area contributed by atoms with Crippen LogP contribution in [0, 0.1) is 12.7 Å². The van der Waals surface area contributed by atoms with Gasteiger partial charge in [0, 0.05) is 0 Å². The Morgan fingerprint density at radius 2 is 1.62 bits per heavy atom. The van der Waals surface area contributed by atoms with Crippen molar-refractivity contribution in [3.05, 3.63) is 65.0 Å². The van der Waals surface area contributed by atoms with Crippen LogP contribution in [-0.2, 0) is 0 Å². The fourth-order valence-corrected chi connectivity index (χ4v) is 2.38. The van der Waals surface area contributed by atoms with Gasteiger partial charge in [-0.2, -0.15) is 0 Å². The average molecular weight is 287 g/mol. The first kappa shape index (κ1) is 15.5. The van der Waals surface area contributed by atoms with E-state index in [1.807, 2.05) is 57.3 Å². The molecule has 0 aliphatic rings. The number of ether oxygens (including phenoxy) is 1. The Morgan fingerprint density at radius 3 is 2.14 bits per heavy atom. The lowest BCUT2D eigenvalue weighted by molar-refractivity contribution is 0.242. The topological polar surface area (TPSA) is 21.3 Å². The van der Waals surface area contributed by atoms with E-state index in [4.69, 9.17) is 4.74 Å². The van der Waals surface area contributed by atoms with Gasteiger partial charge in [-0.15, -0.1) is 0 Å². The molecule has 112 valence electrons. The highest BCUT2D eigenvalue weighted by Gasteiger charge is 2.13. The Balaban J connectivity index is 2.26. The average Bonchev–Trinajstić information content (AvgIpc) is 2.45. The summed E-state index contributed by atoms with van der Waals surface area (Å²) in [5.74, 6) is 0.688. The van der Waals surface area contributed by atoms with E-state index in [0.29, 0.717) is 5.56 Å². The summed E-state index contributed by atoms with van der Waals surface area (Å²) in [6.45, 7) is 5.79. The van der Waals surface area contributed by atoms with Crippen molar-refractivity contribution in [2.45, 2.75) is 32.9 Å². The lowest BCUT2D eigenvalue weighted by atomic mass is 9.97. The standard InChI is InChI=1S/C18H22FNO/c1-12(2)21-16-8-5-14(6-9-16)18(20-4)15-7-10-17(19)13(3)11-15/h5-12,18,20H,1-4H3. The highest BCUT2D eigenvalue weighted by Crippen LogP contribution is 2.25. The van der Waals surface area contributed by atoms with E-state index in [1.54, 1.807) is 6.92 Å². The van der Waals surface area contributed by atoms with Crippen molar-refractivity contribution in [1.82, 2.24) is 5.32 Å². The molecule has 1 N–H and O–H groups in total. The molecule has 21 heavy (non-hydrogen) atoms. The van der Waals surface area contributed by atoms with Crippen LogP contribution in [0.2, 0.25) is 0 Å². The largest absolute Gasteiger partial charge is 0.491 e. The van der Waals surface area contributed by atoms with Crippen LogP contribution in [0.1, 0.15) is 36.6 Å². The van der Waals surface area contributed by atoms with Gasteiger partial charge >= 0.3 is 0 Å². The van der Waals surface area contributed by atoms with Crippen LogP contribution in [0.5, 0.6) is 5.75 Å². The minimum atomic E-state index is -0.172. The summed E-state index contributed by atoms with van der Waals surface area (Å²) in [6.07, 6.45) is 0.163. The Hall–Kier alpha value is -1.87. The summed E-state index contributed by atoms with van der Waals surface area (Å²) in [5, 5.41) is 3.28. The van der Waals surface area contributed by atoms with Crippen molar-refractivity contribution < 1.29 is 9.13 Å². The third-order valence-corrected chi connectivity index (χ3v) is 3.39. The zero-order valence-electron chi connectivity index (χ0n) is 13.0. The first-order chi connectivity index (χ1) is 10.0. The second-order valence-electron chi connectivity index (χ2n) is 5.47. The molecule has 0 radical (unpaired) electrons. The highest BCUT2D eigenvalue weighted by atomic mass is 19.1. The van der Waals surface area contributed by atoms with E-state index in [0.717, 1.165) is 16.9 Å². The van der Waals surface area contributed by atoms with Crippen LogP contribution >= 0.6 is 0 Å². The Bertz CT molecular complexity index is 593. The van der Waals surface area contributed by atoms with Gasteiger partial charge in [0.05, 0.1) is 12.1 Å². The van der Waals surface area contributed by atoms with Gasteiger partial charge in [-0.05, 0) is 62.7 Å². The second kappa shape index (κ2) is 6.72. The normalized spacial score (nSPS) is 12.5. The van der Waals surface area contributed by atoms with E-state index in [-0.39, 0.29) is 18.0 Å². The van der Waals surface area contributed by atoms with Gasteiger partial charge in [0.1, 0.15) is 11.6 Å². The SMILES string of the molecule is CNC(c1ccc(OC(C)C)cc1)c1ccc(F)c(C)c1. The number of hydrogen-bond donors (Lipinski definition) is 1. The molecule has 0 saturated carbocycles. The molecule has 1 atom stereocenters. The number of aryl methyl sites for hydroxylation is 1. The molecular formula is C18H22FNO. The van der Waals surface area contributed by atoms with E-state index in [2.05, 4.69) is 5.32 Å². The van der Waals surface area contributed by atoms with Gasteiger partial charge in [0.2, 0.25) is 0 Å². The second-order valence-corrected chi connectivity index (χ2v) is 5.47. The fraction of sp³-hybridized carbons (Fsp3) is 0.333. The first-order valence-electron chi connectivity index (χ1n) is 7.21. The molecule has 0 aliphatic carbocycles. The quantitative estimate of drug-likeness (QED) is 0.888. The maximum Gasteiger partial charge on any atom is 0.126 e. The first-order valence-corrected chi connectivity index (χ1v) is 7.21. The molecule has 2 nitrogen and oxygen atoms in total. The molecule has 0 fully saturated rings. The predicted molar refractivity (Wildman–Crippen MR) is 84.2 cm³/mol. The summed E-state index contributed by atoms with van der Waals surface area (Å²) >= 11 is 0. The lowest BCUT2D eigenvalue weighted by Crippen LogP contribution is -2.18. The van der Waals surface area contributed by atoms with Gasteiger partial charge < -0.3 is 10.1 Å². The number of hydrogen-bond acceptors (Lipinski definition) is 2. The Kier molecular flexibility index (Phi) is 4.97. The maximum atomic E-state index is 13.4. The van der Waals surface area contributed by atoms with Crippen LogP contribution in [0.4, 0.5) is 4.39 Å². The van der Waals surface area contributed by atoms with Gasteiger partial charge in [-0.3, -0.25) is 0 Å². The smallest absolute Gasteiger partial charge is 0.126 e. The van der Waals surface area contributed by atoms with Crippen molar-refractivity contribution in [1.29, 1.82) is 0 Å². The van der Waals surface area contributed by atoms with Crippen molar-refractivity contribution in [2.75, 3.05) is 7.05 Å². The molecular weight excluding hydrogens is 265 g/mol. The van der Waals surface area contributed by atoms with Crippen LogP contribution < -0.4 is 10.1 Å². The van der Waals surface area contributed by atoms with Crippen LogP contribution in [-0.4, -0.2) is 13.2 Å². The van der Waals surface area contributed by atoms with Crippen molar-refractivity contribution in [2.24, 2.45) is 0 Å². The van der Waals surface area contributed by atoms with E-state index >= 15 is 0 Å². The third-order valence-electron chi connectivity index (χ3n) is 3.39. The minimum Gasteiger partial charge on any atom is -0.491 e. The number of rotatable bonds is 5. The zero-order valence-corrected chi connectivity index (χ0v) is 13.0. The minimum absolute atomic E-state index is 0.0393. The van der Waals surface area contributed by atoms with Crippen LogP contribution in [0.15, 0.2) is 42.5 Å². The van der Waals surface area contributed by atoms with E-state index in [1.165, 1.54) is 6.07 Å². The summed E-state index contributed by atoms with van der Waals surface area (Å²) in [6, 6.07) is 13.3. The maximum absolute atomic E-state index is 13.4. The molecule has 1 unspecified atom stereocenters. The molecule has 2 aromatic rings. The van der Waals surface area contributed by atoms with Gasteiger partial charge in [0.15, 0.2) is 0 Å². The number of halogens is 1. The zero-order chi connectivity index (χ0) is 15.4. The number of nitrogens with one attached hydrogen (secondary N) is 1. The van der Waals surface area contributed by atoms with Gasteiger partial charge in [-0.1, -0.05) is 24.3 Å². The molecule has 0 bridgehead atoms. The molecule has 0 spiro atoms. The van der Waals surface area contributed by atoms with Gasteiger partial charge in [-0.25, -0.2) is 4.39 Å². The van der Waals surface area contributed by atoms with Crippen LogP contribution in [0.25, 0.3) is 0 Å². The molecule has 2 rings (SSSR count). The molecule has 2 aromatic carbocycles. The van der Waals surface area contributed by atoms with Crippen LogP contribution in [0.3, 0.4) is 0 Å². The molecule has 0 aromatic heterocycles. The molecule has 0 amide bonds. The Morgan fingerprint density at radius 1 is 1.00 bits per heavy atom. The van der Waals surface area contributed by atoms with Crippen molar-refractivity contribution in [3.63, 3.8) is 0 Å². The fourth-order valence-electron chi connectivity index (χ4n) is 2.38. The summed E-state index contributed by atoms with van der Waals surface area (Å²) in [4.78, 5) is 0. The predicted octanol–water partition coefficient (Wildman–Crippen LogP) is 4.23. The lowest BCUT2D eigenvalue weighted by Gasteiger charge is -2.19. The summed E-state index contributed by atoms with van der Waals surface area (Å²) in [5.41, 5.74) is 2.83. The Labute approximate surface area is 126 Å². The number of benzene rings is 2. The molecule has 0 saturated heterocycles. The third kappa shape index (κ3) is 3.82. The molecule has 0 heterocycles. The monoisotopic (exact) mass is 287 g/mol. The summed E-state index contributed by atoms with van der Waals surface area (Å²) in [7, 11) is 1.90.